The molecule has 0 spiro atoms. The zero-order valence-corrected chi connectivity index (χ0v) is 11.4. The molecule has 0 aliphatic carbocycles. The molecule has 1 aromatic carbocycles. The first-order valence-corrected chi connectivity index (χ1v) is 6.42. The zero-order valence-electron chi connectivity index (χ0n) is 11.4. The normalized spacial score (nSPS) is 12.3. The van der Waals surface area contributed by atoms with E-state index in [1.165, 1.54) is 6.07 Å². The summed E-state index contributed by atoms with van der Waals surface area (Å²) in [6, 6.07) is 11.8. The molecule has 0 saturated heterocycles. The van der Waals surface area contributed by atoms with Gasteiger partial charge in [-0.25, -0.2) is 4.98 Å². The highest BCUT2D eigenvalue weighted by Gasteiger charge is 2.30. The van der Waals surface area contributed by atoms with Crippen LogP contribution < -0.4 is 5.43 Å². The first-order chi connectivity index (χ1) is 10.0. The molecule has 0 amide bonds. The number of rotatable bonds is 4. The van der Waals surface area contributed by atoms with Crippen LogP contribution >= 0.6 is 0 Å². The van der Waals surface area contributed by atoms with Crippen molar-refractivity contribution in [2.75, 3.05) is 5.43 Å². The molecule has 0 saturated carbocycles. The van der Waals surface area contributed by atoms with E-state index in [1.807, 2.05) is 37.3 Å². The third kappa shape index (κ3) is 4.05. The van der Waals surface area contributed by atoms with E-state index in [1.54, 1.807) is 0 Å². The highest BCUT2D eigenvalue weighted by molar-refractivity contribution is 6.00. The van der Waals surface area contributed by atoms with Crippen LogP contribution in [0.25, 0.3) is 0 Å². The van der Waals surface area contributed by atoms with Gasteiger partial charge in [0.15, 0.2) is 0 Å². The molecule has 0 bridgehead atoms. The molecule has 0 aliphatic heterocycles. The summed E-state index contributed by atoms with van der Waals surface area (Å²) in [7, 11) is 0. The molecular formula is C15H14F3N3. The molecule has 6 heteroatoms. The number of hydrogen-bond acceptors (Lipinski definition) is 3. The summed E-state index contributed by atoms with van der Waals surface area (Å²) < 4.78 is 37.3. The Morgan fingerprint density at radius 2 is 1.86 bits per heavy atom. The Morgan fingerprint density at radius 3 is 2.38 bits per heavy atom. The fourth-order valence-corrected chi connectivity index (χ4v) is 1.73. The van der Waals surface area contributed by atoms with Crippen molar-refractivity contribution >= 4 is 11.5 Å². The molecule has 0 radical (unpaired) electrons. The number of aromatic nitrogens is 1. The van der Waals surface area contributed by atoms with E-state index in [9.17, 15) is 13.2 Å². The standard InChI is InChI=1S/C15H14F3N3/c1-2-13(11-6-4-3-5-7-11)20-21-14-9-8-12(10-19-14)15(16,17)18/h3-10H,2H2,1H3,(H,19,21)/b20-13-. The van der Waals surface area contributed by atoms with Crippen molar-refractivity contribution in [3.8, 4) is 0 Å². The van der Waals surface area contributed by atoms with E-state index >= 15 is 0 Å². The maximum absolute atomic E-state index is 12.4. The number of hydrazone groups is 1. The van der Waals surface area contributed by atoms with Crippen molar-refractivity contribution in [2.45, 2.75) is 19.5 Å². The summed E-state index contributed by atoms with van der Waals surface area (Å²) >= 11 is 0. The lowest BCUT2D eigenvalue weighted by Gasteiger charge is -2.08. The van der Waals surface area contributed by atoms with Crippen molar-refractivity contribution in [3.63, 3.8) is 0 Å². The Balaban J connectivity index is 2.12. The minimum atomic E-state index is -4.38. The van der Waals surface area contributed by atoms with Crippen molar-refractivity contribution in [1.82, 2.24) is 4.98 Å². The monoisotopic (exact) mass is 293 g/mol. The number of nitrogens with zero attached hydrogens (tertiary/aromatic N) is 2. The van der Waals surface area contributed by atoms with Gasteiger partial charge >= 0.3 is 6.18 Å². The van der Waals surface area contributed by atoms with Crippen LogP contribution in [0.4, 0.5) is 19.0 Å². The molecule has 1 heterocycles. The molecule has 2 aromatic rings. The van der Waals surface area contributed by atoms with E-state index in [0.717, 1.165) is 23.5 Å². The van der Waals surface area contributed by atoms with Gasteiger partial charge in [-0.3, -0.25) is 5.43 Å². The van der Waals surface area contributed by atoms with E-state index in [-0.39, 0.29) is 5.82 Å². The first kappa shape index (κ1) is 15.0. The summed E-state index contributed by atoms with van der Waals surface area (Å²) in [5, 5.41) is 4.20. The van der Waals surface area contributed by atoms with Gasteiger partial charge in [0.1, 0.15) is 5.82 Å². The maximum Gasteiger partial charge on any atom is 0.417 e. The lowest BCUT2D eigenvalue weighted by Crippen LogP contribution is -2.07. The molecule has 3 nitrogen and oxygen atoms in total. The van der Waals surface area contributed by atoms with Gasteiger partial charge in [0.05, 0.1) is 11.3 Å². The van der Waals surface area contributed by atoms with E-state index in [2.05, 4.69) is 15.5 Å². The number of benzene rings is 1. The first-order valence-electron chi connectivity index (χ1n) is 6.42. The quantitative estimate of drug-likeness (QED) is 0.673. The molecule has 0 atom stereocenters. The molecule has 0 unspecified atom stereocenters. The highest BCUT2D eigenvalue weighted by atomic mass is 19.4. The van der Waals surface area contributed by atoms with Gasteiger partial charge in [-0.15, -0.1) is 0 Å². The Morgan fingerprint density at radius 1 is 1.14 bits per heavy atom. The van der Waals surface area contributed by atoms with Gasteiger partial charge in [-0.05, 0) is 24.1 Å². The average molecular weight is 293 g/mol. The number of alkyl halides is 3. The Hall–Kier alpha value is -2.37. The van der Waals surface area contributed by atoms with Crippen LogP contribution in [0, 0.1) is 0 Å². The molecule has 110 valence electrons. The van der Waals surface area contributed by atoms with Crippen molar-refractivity contribution in [1.29, 1.82) is 0 Å². The molecule has 1 N–H and O–H groups in total. The minimum absolute atomic E-state index is 0.268. The molecule has 0 fully saturated rings. The van der Waals surface area contributed by atoms with E-state index < -0.39 is 11.7 Å². The minimum Gasteiger partial charge on any atom is -0.261 e. The second kappa shape index (κ2) is 6.39. The number of nitrogens with one attached hydrogen (secondary N) is 1. The number of hydrogen-bond donors (Lipinski definition) is 1. The molecular weight excluding hydrogens is 279 g/mol. The topological polar surface area (TPSA) is 37.3 Å². The maximum atomic E-state index is 12.4. The van der Waals surface area contributed by atoms with Gasteiger partial charge in [-0.1, -0.05) is 37.3 Å². The summed E-state index contributed by atoms with van der Waals surface area (Å²) in [5.74, 6) is 0.268. The van der Waals surface area contributed by atoms with Gasteiger partial charge in [0, 0.05) is 6.20 Å². The Bertz CT molecular complexity index is 604. The van der Waals surface area contributed by atoms with Crippen LogP contribution in [-0.2, 0) is 6.18 Å². The average Bonchev–Trinajstić information content (AvgIpc) is 2.48. The predicted molar refractivity (Wildman–Crippen MR) is 76.1 cm³/mol. The largest absolute Gasteiger partial charge is 0.417 e. The fraction of sp³-hybridized carbons (Fsp3) is 0.200. The number of pyridine rings is 1. The molecule has 1 aromatic heterocycles. The van der Waals surface area contributed by atoms with Gasteiger partial charge < -0.3 is 0 Å². The van der Waals surface area contributed by atoms with Crippen molar-refractivity contribution < 1.29 is 13.2 Å². The van der Waals surface area contributed by atoms with E-state index in [0.29, 0.717) is 6.42 Å². The van der Waals surface area contributed by atoms with Crippen LogP contribution in [0.5, 0.6) is 0 Å². The third-order valence-electron chi connectivity index (χ3n) is 2.84. The summed E-state index contributed by atoms with van der Waals surface area (Å²) in [4.78, 5) is 3.71. The van der Waals surface area contributed by atoms with Crippen LogP contribution in [-0.4, -0.2) is 10.7 Å². The zero-order chi connectivity index (χ0) is 15.3. The molecule has 2 rings (SSSR count). The van der Waals surface area contributed by atoms with Gasteiger partial charge in [0.25, 0.3) is 0 Å². The molecule has 21 heavy (non-hydrogen) atoms. The lowest BCUT2D eigenvalue weighted by atomic mass is 10.1. The fourth-order valence-electron chi connectivity index (χ4n) is 1.73. The van der Waals surface area contributed by atoms with Gasteiger partial charge in [0.2, 0.25) is 0 Å². The van der Waals surface area contributed by atoms with Crippen molar-refractivity contribution in [3.05, 3.63) is 59.8 Å². The highest BCUT2D eigenvalue weighted by Crippen LogP contribution is 2.28. The Kier molecular flexibility index (Phi) is 4.57. The van der Waals surface area contributed by atoms with E-state index in [4.69, 9.17) is 0 Å². The summed E-state index contributed by atoms with van der Waals surface area (Å²) in [5.41, 5.74) is 3.66. The van der Waals surface area contributed by atoms with Crippen molar-refractivity contribution in [2.24, 2.45) is 5.10 Å². The van der Waals surface area contributed by atoms with Crippen LogP contribution in [0.2, 0.25) is 0 Å². The van der Waals surface area contributed by atoms with Crippen LogP contribution in [0.15, 0.2) is 53.8 Å². The summed E-state index contributed by atoms with van der Waals surface area (Å²) in [6.45, 7) is 1.95. The number of anilines is 1. The van der Waals surface area contributed by atoms with Crippen LogP contribution in [0.1, 0.15) is 24.5 Å². The smallest absolute Gasteiger partial charge is 0.261 e. The SMILES string of the molecule is CC/C(=N/Nc1ccc(C(F)(F)F)cn1)c1ccccc1. The van der Waals surface area contributed by atoms with Gasteiger partial charge in [-0.2, -0.15) is 18.3 Å². The molecule has 0 aliphatic rings. The van der Waals surface area contributed by atoms with Crippen LogP contribution in [0.3, 0.4) is 0 Å². The second-order valence-electron chi connectivity index (χ2n) is 4.32. The predicted octanol–water partition coefficient (Wildman–Crippen LogP) is 4.33. The number of halogens is 3. The second-order valence-corrected chi connectivity index (χ2v) is 4.32. The Labute approximate surface area is 120 Å². The third-order valence-corrected chi connectivity index (χ3v) is 2.84. The lowest BCUT2D eigenvalue weighted by molar-refractivity contribution is -0.137. The summed E-state index contributed by atoms with van der Waals surface area (Å²) in [6.07, 6.45) is -2.91.